The molecule has 1 aliphatic heterocycles. The van der Waals surface area contributed by atoms with Gasteiger partial charge in [-0.15, -0.1) is 0 Å². The summed E-state index contributed by atoms with van der Waals surface area (Å²) < 4.78 is 0. The van der Waals surface area contributed by atoms with E-state index >= 15 is 0 Å². The van der Waals surface area contributed by atoms with Crippen LogP contribution in [-0.4, -0.2) is 41.8 Å². The summed E-state index contributed by atoms with van der Waals surface area (Å²) in [6, 6.07) is -0.678. The van der Waals surface area contributed by atoms with Crippen molar-refractivity contribution in [2.24, 2.45) is 17.6 Å². The number of nitrogens with two attached hydrogens (primary N) is 1. The summed E-state index contributed by atoms with van der Waals surface area (Å²) in [5, 5.41) is 2.63. The molecule has 18 heavy (non-hydrogen) atoms. The van der Waals surface area contributed by atoms with Gasteiger partial charge in [0.1, 0.15) is 6.04 Å². The third-order valence-corrected chi connectivity index (χ3v) is 3.24. The van der Waals surface area contributed by atoms with Crippen molar-refractivity contribution in [1.82, 2.24) is 10.2 Å². The van der Waals surface area contributed by atoms with Gasteiger partial charge in [-0.2, -0.15) is 0 Å². The van der Waals surface area contributed by atoms with Crippen molar-refractivity contribution in [3.63, 3.8) is 0 Å². The molecule has 6 heteroatoms. The highest BCUT2D eigenvalue weighted by Gasteiger charge is 2.35. The average Bonchev–Trinajstić information content (AvgIpc) is 2.66. The topological polar surface area (TPSA) is 92.5 Å². The molecule has 1 heterocycles. The van der Waals surface area contributed by atoms with Crippen LogP contribution in [0.4, 0.5) is 0 Å². The van der Waals surface area contributed by atoms with Crippen molar-refractivity contribution in [2.75, 3.05) is 13.1 Å². The molecule has 0 aromatic carbocycles. The number of carbonyl (C=O) groups is 3. The summed E-state index contributed by atoms with van der Waals surface area (Å²) in [6.07, 6.45) is 0.212. The zero-order valence-corrected chi connectivity index (χ0v) is 11.1. The van der Waals surface area contributed by atoms with Crippen molar-refractivity contribution in [3.05, 3.63) is 0 Å². The second-order valence-corrected chi connectivity index (χ2v) is 4.97. The van der Waals surface area contributed by atoms with E-state index in [0.29, 0.717) is 13.1 Å². The van der Waals surface area contributed by atoms with Gasteiger partial charge in [0.2, 0.25) is 17.7 Å². The minimum Gasteiger partial charge on any atom is -0.368 e. The highest BCUT2D eigenvalue weighted by atomic mass is 16.2. The van der Waals surface area contributed by atoms with Crippen LogP contribution < -0.4 is 11.1 Å². The number of amides is 3. The maximum absolute atomic E-state index is 12.0. The third-order valence-electron chi connectivity index (χ3n) is 3.24. The molecule has 0 bridgehead atoms. The Morgan fingerprint density at radius 3 is 2.50 bits per heavy atom. The fourth-order valence-corrected chi connectivity index (χ4v) is 2.09. The number of nitrogens with zero attached hydrogens (tertiary/aromatic N) is 1. The lowest BCUT2D eigenvalue weighted by molar-refractivity contribution is -0.131. The summed E-state index contributed by atoms with van der Waals surface area (Å²) in [7, 11) is 0. The second-order valence-electron chi connectivity index (χ2n) is 4.97. The van der Waals surface area contributed by atoms with Crippen LogP contribution in [0.15, 0.2) is 0 Å². The van der Waals surface area contributed by atoms with Crippen LogP contribution in [-0.2, 0) is 14.4 Å². The number of hydrogen-bond acceptors (Lipinski definition) is 3. The first-order valence-corrected chi connectivity index (χ1v) is 6.24. The van der Waals surface area contributed by atoms with Crippen molar-refractivity contribution >= 4 is 17.7 Å². The van der Waals surface area contributed by atoms with Gasteiger partial charge in [0.05, 0.1) is 5.92 Å². The van der Waals surface area contributed by atoms with Gasteiger partial charge in [-0.1, -0.05) is 13.8 Å². The lowest BCUT2D eigenvalue weighted by atomic mass is 10.0. The van der Waals surface area contributed by atoms with Crippen molar-refractivity contribution in [3.8, 4) is 0 Å². The Kier molecular flexibility index (Phi) is 4.69. The average molecular weight is 255 g/mol. The number of primary amides is 1. The van der Waals surface area contributed by atoms with Gasteiger partial charge < -0.3 is 16.0 Å². The summed E-state index contributed by atoms with van der Waals surface area (Å²) in [5.41, 5.74) is 5.23. The molecular formula is C12H21N3O3. The molecule has 3 amide bonds. The van der Waals surface area contributed by atoms with E-state index < -0.39 is 11.9 Å². The van der Waals surface area contributed by atoms with E-state index in [4.69, 9.17) is 5.73 Å². The highest BCUT2D eigenvalue weighted by Crippen LogP contribution is 2.18. The fraction of sp³-hybridized carbons (Fsp3) is 0.750. The Balaban J connectivity index is 2.61. The number of hydrogen-bond donors (Lipinski definition) is 2. The smallest absolute Gasteiger partial charge is 0.240 e. The molecule has 102 valence electrons. The van der Waals surface area contributed by atoms with Crippen LogP contribution in [0, 0.1) is 11.8 Å². The van der Waals surface area contributed by atoms with Gasteiger partial charge in [-0.3, -0.25) is 14.4 Å². The minimum absolute atomic E-state index is 0.0159. The molecule has 2 unspecified atom stereocenters. The van der Waals surface area contributed by atoms with E-state index in [-0.39, 0.29) is 30.1 Å². The van der Waals surface area contributed by atoms with Crippen LogP contribution in [0.2, 0.25) is 0 Å². The van der Waals surface area contributed by atoms with Gasteiger partial charge in [-0.25, -0.2) is 0 Å². The van der Waals surface area contributed by atoms with Crippen LogP contribution in [0.3, 0.4) is 0 Å². The predicted octanol–water partition coefficient (Wildman–Crippen LogP) is -0.519. The van der Waals surface area contributed by atoms with Gasteiger partial charge in [0.25, 0.3) is 0 Å². The van der Waals surface area contributed by atoms with Crippen LogP contribution in [0.1, 0.15) is 27.2 Å². The molecule has 0 aromatic heterocycles. The molecular weight excluding hydrogens is 234 g/mol. The van der Waals surface area contributed by atoms with E-state index in [1.165, 1.54) is 0 Å². The SMILES string of the molecule is CCN1CC(C(=O)NC(C(N)=O)C(C)C)CC1=O. The van der Waals surface area contributed by atoms with Crippen molar-refractivity contribution in [1.29, 1.82) is 0 Å². The largest absolute Gasteiger partial charge is 0.368 e. The Labute approximate surface area is 107 Å². The summed E-state index contributed by atoms with van der Waals surface area (Å²) in [5.74, 6) is -1.27. The maximum Gasteiger partial charge on any atom is 0.240 e. The maximum atomic E-state index is 12.0. The molecule has 1 saturated heterocycles. The molecule has 0 aromatic rings. The van der Waals surface area contributed by atoms with Gasteiger partial charge in [0.15, 0.2) is 0 Å². The summed E-state index contributed by atoms with van der Waals surface area (Å²) in [6.45, 7) is 6.52. The van der Waals surface area contributed by atoms with Crippen LogP contribution >= 0.6 is 0 Å². The van der Waals surface area contributed by atoms with Crippen molar-refractivity contribution < 1.29 is 14.4 Å². The number of rotatable bonds is 5. The second kappa shape index (κ2) is 5.84. The Bertz CT molecular complexity index is 354. The van der Waals surface area contributed by atoms with Gasteiger partial charge in [0, 0.05) is 19.5 Å². The molecule has 3 N–H and O–H groups in total. The molecule has 0 aliphatic carbocycles. The van der Waals surface area contributed by atoms with Crippen LogP contribution in [0.5, 0.6) is 0 Å². The van der Waals surface area contributed by atoms with E-state index in [2.05, 4.69) is 5.32 Å². The minimum atomic E-state index is -0.678. The van der Waals surface area contributed by atoms with Gasteiger partial charge in [-0.05, 0) is 12.8 Å². The standard InChI is InChI=1S/C12H21N3O3/c1-4-15-6-8(5-9(15)16)12(18)14-10(7(2)3)11(13)17/h7-8,10H,4-6H2,1-3H3,(H2,13,17)(H,14,18). The molecule has 1 fully saturated rings. The van der Waals surface area contributed by atoms with E-state index in [0.717, 1.165) is 0 Å². The molecule has 0 saturated carbocycles. The molecule has 0 radical (unpaired) electrons. The third kappa shape index (κ3) is 3.21. The van der Waals surface area contributed by atoms with Crippen LogP contribution in [0.25, 0.3) is 0 Å². The monoisotopic (exact) mass is 255 g/mol. The number of nitrogens with one attached hydrogen (secondary N) is 1. The molecule has 6 nitrogen and oxygen atoms in total. The van der Waals surface area contributed by atoms with E-state index in [1.807, 2.05) is 20.8 Å². The van der Waals surface area contributed by atoms with Crippen molar-refractivity contribution in [2.45, 2.75) is 33.2 Å². The summed E-state index contributed by atoms with van der Waals surface area (Å²) in [4.78, 5) is 36.3. The molecule has 0 spiro atoms. The molecule has 1 aliphatic rings. The van der Waals surface area contributed by atoms with Gasteiger partial charge >= 0.3 is 0 Å². The first-order valence-electron chi connectivity index (χ1n) is 6.24. The Hall–Kier alpha value is -1.59. The Morgan fingerprint density at radius 1 is 1.50 bits per heavy atom. The fourth-order valence-electron chi connectivity index (χ4n) is 2.09. The zero-order chi connectivity index (χ0) is 13.9. The highest BCUT2D eigenvalue weighted by molar-refractivity contribution is 5.92. The predicted molar refractivity (Wildman–Crippen MR) is 66.3 cm³/mol. The lowest BCUT2D eigenvalue weighted by Gasteiger charge is -2.21. The normalized spacial score (nSPS) is 21.2. The molecule has 2 atom stereocenters. The van der Waals surface area contributed by atoms with E-state index in [9.17, 15) is 14.4 Å². The van der Waals surface area contributed by atoms with E-state index in [1.54, 1.807) is 4.90 Å². The quantitative estimate of drug-likeness (QED) is 0.692. The summed E-state index contributed by atoms with van der Waals surface area (Å²) >= 11 is 0. The first kappa shape index (κ1) is 14.5. The first-order chi connectivity index (χ1) is 8.36. The number of likely N-dealkylation sites (tertiary alicyclic amines) is 1. The zero-order valence-electron chi connectivity index (χ0n) is 11.1. The lowest BCUT2D eigenvalue weighted by Crippen LogP contribution is -2.49. The molecule has 1 rings (SSSR count). The number of carbonyl (C=O) groups excluding carboxylic acids is 3. The Morgan fingerprint density at radius 2 is 2.11 bits per heavy atom.